The van der Waals surface area contributed by atoms with Crippen molar-refractivity contribution < 1.29 is 27.8 Å². The summed E-state index contributed by atoms with van der Waals surface area (Å²) in [6.45, 7) is 4.66. The molecule has 0 aliphatic carbocycles. The number of sulfonamides is 1. The fourth-order valence-electron chi connectivity index (χ4n) is 4.35. The minimum atomic E-state index is -4.09. The van der Waals surface area contributed by atoms with Gasteiger partial charge in [0.05, 0.1) is 18.1 Å². The lowest BCUT2D eigenvalue weighted by Crippen LogP contribution is -2.16. The van der Waals surface area contributed by atoms with E-state index in [0.717, 1.165) is 36.0 Å². The van der Waals surface area contributed by atoms with Crippen LogP contribution in [0.15, 0.2) is 45.8 Å². The first-order valence-corrected chi connectivity index (χ1v) is 15.4. The van der Waals surface area contributed by atoms with Crippen molar-refractivity contribution in [3.8, 4) is 5.75 Å². The summed E-state index contributed by atoms with van der Waals surface area (Å²) in [5, 5.41) is 13.0. The molecule has 0 aliphatic heterocycles. The zero-order valence-corrected chi connectivity index (χ0v) is 24.4. The van der Waals surface area contributed by atoms with Crippen LogP contribution >= 0.6 is 0 Å². The number of hydrogen-bond acceptors (Lipinski definition) is 6. The van der Waals surface area contributed by atoms with Gasteiger partial charge in [-0.25, -0.2) is 13.2 Å². The molecule has 1 amide bonds. The largest absolute Gasteiger partial charge is 0.507 e. The van der Waals surface area contributed by atoms with Gasteiger partial charge < -0.3 is 14.6 Å². The molecule has 2 N–H and O–H groups in total. The second-order valence-corrected chi connectivity index (χ2v) is 11.4. The zero-order valence-electron chi connectivity index (χ0n) is 23.6. The number of hydrogen-bond donors (Lipinski definition) is 2. The summed E-state index contributed by atoms with van der Waals surface area (Å²) in [5.74, 6) is 0.350. The Kier molecular flexibility index (Phi) is 14.9. The van der Waals surface area contributed by atoms with Gasteiger partial charge in [-0.15, -0.1) is 0 Å². The number of aryl methyl sites for hydroxylation is 2. The molecule has 40 heavy (non-hydrogen) atoms. The molecule has 2 rings (SSSR count). The number of anilines is 1. The predicted molar refractivity (Wildman–Crippen MR) is 156 cm³/mol. The lowest BCUT2D eigenvalue weighted by molar-refractivity contribution is 0.0696. The molecule has 11 heteroatoms. The lowest BCUT2D eigenvalue weighted by Gasteiger charge is -2.12. The molecule has 0 fully saturated rings. The van der Waals surface area contributed by atoms with Gasteiger partial charge in [0.1, 0.15) is 12.4 Å². The van der Waals surface area contributed by atoms with Crippen LogP contribution in [0.3, 0.4) is 0 Å². The smallest absolute Gasteiger partial charge is 0.411 e. The summed E-state index contributed by atoms with van der Waals surface area (Å²) in [5.41, 5.74) is 11.4. The standard InChI is InChI=1S/C29H42N4O6S/c1-3-4-5-6-7-8-9-10-11-12-13-25-21-24(20-23(2)28(25)34)22-38-18-19-39-29(35)31-26-14-16-27(17-15-26)40(36,37)33-32-30/h14-17,20-21,34H,3-13,18-19,22H2,1-2H3,(H,31,35). The van der Waals surface area contributed by atoms with E-state index in [1.54, 1.807) is 0 Å². The van der Waals surface area contributed by atoms with Crippen LogP contribution in [-0.4, -0.2) is 32.8 Å². The quantitative estimate of drug-likeness (QED) is 0.0752. The van der Waals surface area contributed by atoms with Crippen molar-refractivity contribution in [2.75, 3.05) is 18.5 Å². The minimum absolute atomic E-state index is 0.0255. The molecule has 0 aliphatic rings. The van der Waals surface area contributed by atoms with Gasteiger partial charge in [0.2, 0.25) is 0 Å². The van der Waals surface area contributed by atoms with E-state index >= 15 is 0 Å². The maximum Gasteiger partial charge on any atom is 0.411 e. The third-order valence-electron chi connectivity index (χ3n) is 6.51. The highest BCUT2D eigenvalue weighted by Crippen LogP contribution is 2.26. The van der Waals surface area contributed by atoms with Crippen molar-refractivity contribution in [3.05, 3.63) is 63.5 Å². The summed E-state index contributed by atoms with van der Waals surface area (Å²) in [7, 11) is -4.09. The van der Waals surface area contributed by atoms with Crippen molar-refractivity contribution >= 4 is 21.8 Å². The van der Waals surface area contributed by atoms with Gasteiger partial charge in [-0.05, 0) is 72.3 Å². The Morgan fingerprint density at radius 3 is 2.23 bits per heavy atom. The Balaban J connectivity index is 1.67. The molecule has 0 bridgehead atoms. The number of nitrogens with one attached hydrogen (secondary N) is 1. The van der Waals surface area contributed by atoms with Gasteiger partial charge in [-0.3, -0.25) is 5.32 Å². The van der Waals surface area contributed by atoms with E-state index in [1.165, 1.54) is 75.6 Å². The maximum absolute atomic E-state index is 12.0. The summed E-state index contributed by atoms with van der Waals surface area (Å²) < 4.78 is 36.9. The number of benzene rings is 2. The normalized spacial score (nSPS) is 11.2. The Morgan fingerprint density at radius 2 is 1.60 bits per heavy atom. The van der Waals surface area contributed by atoms with Crippen LogP contribution in [0.1, 0.15) is 87.8 Å². The number of carbonyl (C=O) groups excluding carboxylic acids is 1. The van der Waals surface area contributed by atoms with Crippen LogP contribution in [-0.2, 0) is 32.5 Å². The van der Waals surface area contributed by atoms with E-state index in [2.05, 4.69) is 21.7 Å². The second kappa shape index (κ2) is 18.1. The minimum Gasteiger partial charge on any atom is -0.507 e. The zero-order chi connectivity index (χ0) is 29.2. The van der Waals surface area contributed by atoms with Gasteiger partial charge in [0.15, 0.2) is 0 Å². The average molecular weight is 575 g/mol. The van der Waals surface area contributed by atoms with E-state index in [9.17, 15) is 18.3 Å². The molecule has 220 valence electrons. The van der Waals surface area contributed by atoms with Crippen molar-refractivity contribution in [2.45, 2.75) is 96.0 Å². The molecular weight excluding hydrogens is 532 g/mol. The first-order chi connectivity index (χ1) is 19.3. The first-order valence-electron chi connectivity index (χ1n) is 14.0. The number of phenols is 1. The Bertz CT molecular complexity index is 1210. The summed E-state index contributed by atoms with van der Waals surface area (Å²) in [4.78, 5) is 14.1. The van der Waals surface area contributed by atoms with E-state index in [1.807, 2.05) is 19.1 Å². The number of aromatic hydroxyl groups is 1. The monoisotopic (exact) mass is 574 g/mol. The number of unbranched alkanes of at least 4 members (excludes halogenated alkanes) is 9. The van der Waals surface area contributed by atoms with Gasteiger partial charge in [-0.1, -0.05) is 70.8 Å². The molecule has 0 saturated carbocycles. The third kappa shape index (κ3) is 12.3. The first kappa shape index (κ1) is 32.9. The third-order valence-corrected chi connectivity index (χ3v) is 7.67. The van der Waals surface area contributed by atoms with Crippen molar-refractivity contribution in [3.63, 3.8) is 0 Å². The predicted octanol–water partition coefficient (Wildman–Crippen LogP) is 7.93. The highest BCUT2D eigenvalue weighted by Gasteiger charge is 2.12. The number of nitrogens with zero attached hydrogens (tertiary/aromatic N) is 3. The topological polar surface area (TPSA) is 151 Å². The van der Waals surface area contributed by atoms with Crippen LogP contribution in [0.25, 0.3) is 10.4 Å². The van der Waals surface area contributed by atoms with Gasteiger partial charge in [0.25, 0.3) is 10.0 Å². The number of phenolic OH excluding ortho intramolecular Hbond substituents is 1. The van der Waals surface area contributed by atoms with Crippen molar-refractivity contribution in [2.24, 2.45) is 4.52 Å². The lowest BCUT2D eigenvalue weighted by atomic mass is 9.99. The fraction of sp³-hybridized carbons (Fsp3) is 0.552. The van der Waals surface area contributed by atoms with Crippen LogP contribution in [0.5, 0.6) is 5.75 Å². The Morgan fingerprint density at radius 1 is 0.975 bits per heavy atom. The van der Waals surface area contributed by atoms with Crippen LogP contribution in [0.4, 0.5) is 10.5 Å². The van der Waals surface area contributed by atoms with Gasteiger partial charge >= 0.3 is 6.09 Å². The van der Waals surface area contributed by atoms with Crippen molar-refractivity contribution in [1.82, 2.24) is 0 Å². The number of amides is 1. The number of rotatable bonds is 19. The van der Waals surface area contributed by atoms with E-state index in [0.29, 0.717) is 18.0 Å². The molecule has 10 nitrogen and oxygen atoms in total. The summed E-state index contributed by atoms with van der Waals surface area (Å²) in [6, 6.07) is 9.03. The highest BCUT2D eigenvalue weighted by molar-refractivity contribution is 7.90. The van der Waals surface area contributed by atoms with E-state index in [4.69, 9.17) is 15.0 Å². The van der Waals surface area contributed by atoms with Gasteiger partial charge in [0, 0.05) is 15.1 Å². The molecule has 0 heterocycles. The van der Waals surface area contributed by atoms with Gasteiger partial charge in [-0.2, -0.15) is 0 Å². The summed E-state index contributed by atoms with van der Waals surface area (Å²) in [6.07, 6.45) is 12.8. The molecule has 2 aromatic rings. The van der Waals surface area contributed by atoms with Crippen LogP contribution < -0.4 is 5.32 Å². The molecule has 0 radical (unpaired) electrons. The molecule has 0 unspecified atom stereocenters. The maximum atomic E-state index is 12.0. The molecule has 2 aromatic carbocycles. The Hall–Kier alpha value is -3.27. The SMILES string of the molecule is CCCCCCCCCCCCc1cc(COCCOC(=O)Nc2ccc(S(=O)(=O)N=[N+]=[N-])cc2)cc(C)c1O. The van der Waals surface area contributed by atoms with Crippen LogP contribution in [0, 0.1) is 6.92 Å². The molecule has 0 atom stereocenters. The second-order valence-electron chi connectivity index (χ2n) is 9.84. The number of azide groups is 1. The average Bonchev–Trinajstić information content (AvgIpc) is 2.92. The molecule has 0 spiro atoms. The molecular formula is C29H42N4O6S. The van der Waals surface area contributed by atoms with Crippen LogP contribution in [0.2, 0.25) is 0 Å². The molecule has 0 saturated heterocycles. The highest BCUT2D eigenvalue weighted by atomic mass is 32.2. The van der Waals surface area contributed by atoms with Crippen molar-refractivity contribution in [1.29, 1.82) is 0 Å². The molecule has 0 aromatic heterocycles. The number of ether oxygens (including phenoxy) is 2. The van der Waals surface area contributed by atoms with E-state index < -0.39 is 16.1 Å². The number of carbonyl (C=O) groups is 1. The van der Waals surface area contributed by atoms with E-state index in [-0.39, 0.29) is 18.1 Å². The fourth-order valence-corrected chi connectivity index (χ4v) is 5.02. The summed E-state index contributed by atoms with van der Waals surface area (Å²) >= 11 is 0. The Labute approximate surface area is 237 Å².